The third-order valence-corrected chi connectivity index (χ3v) is 4.96. The minimum Gasteiger partial charge on any atom is -0.381 e. The second-order valence-electron chi connectivity index (χ2n) is 5.52. The molecule has 0 N–H and O–H groups in total. The molecule has 2 fully saturated rings. The highest BCUT2D eigenvalue weighted by molar-refractivity contribution is 9.10. The normalized spacial score (nSPS) is 22.1. The van der Waals surface area contributed by atoms with E-state index < -0.39 is 0 Å². The molecule has 0 atom stereocenters. The fourth-order valence-corrected chi connectivity index (χ4v) is 4.35. The zero-order valence-electron chi connectivity index (χ0n) is 10.5. The first-order valence-electron chi connectivity index (χ1n) is 6.38. The van der Waals surface area contributed by atoms with Gasteiger partial charge in [0.25, 0.3) is 0 Å². The number of halogens is 2. The van der Waals surface area contributed by atoms with Gasteiger partial charge in [-0.2, -0.15) is 0 Å². The lowest BCUT2D eigenvalue weighted by molar-refractivity contribution is -0.000265. The van der Waals surface area contributed by atoms with E-state index in [9.17, 15) is 0 Å². The van der Waals surface area contributed by atoms with E-state index >= 15 is 0 Å². The average molecular weight is 331 g/mol. The van der Waals surface area contributed by atoms with Crippen LogP contribution in [0, 0.1) is 12.3 Å². The summed E-state index contributed by atoms with van der Waals surface area (Å²) in [5.74, 6) is 0. The molecule has 0 unspecified atom stereocenters. The van der Waals surface area contributed by atoms with E-state index in [4.69, 9.17) is 16.3 Å². The van der Waals surface area contributed by atoms with Gasteiger partial charge in [0.1, 0.15) is 0 Å². The fourth-order valence-electron chi connectivity index (χ4n) is 3.14. The molecule has 0 radical (unpaired) electrons. The predicted molar refractivity (Wildman–Crippen MR) is 78.6 cm³/mol. The van der Waals surface area contributed by atoms with Crippen LogP contribution in [-0.2, 0) is 4.74 Å². The minimum absolute atomic E-state index is 0.504. The second kappa shape index (κ2) is 4.69. The molecule has 2 heterocycles. The van der Waals surface area contributed by atoms with Crippen molar-refractivity contribution in [3.05, 3.63) is 27.2 Å². The van der Waals surface area contributed by atoms with Crippen molar-refractivity contribution >= 4 is 33.2 Å². The van der Waals surface area contributed by atoms with Crippen LogP contribution in [0.2, 0.25) is 5.02 Å². The monoisotopic (exact) mass is 329 g/mol. The third kappa shape index (κ3) is 2.17. The van der Waals surface area contributed by atoms with Crippen molar-refractivity contribution in [2.75, 3.05) is 31.2 Å². The molecule has 1 aromatic carbocycles. The maximum atomic E-state index is 6.07. The van der Waals surface area contributed by atoms with Crippen molar-refractivity contribution in [1.29, 1.82) is 0 Å². The molecule has 0 aromatic heterocycles. The second-order valence-corrected chi connectivity index (χ2v) is 6.81. The first kappa shape index (κ1) is 12.8. The van der Waals surface area contributed by atoms with Crippen molar-refractivity contribution in [2.24, 2.45) is 5.41 Å². The lowest BCUT2D eigenvalue weighted by Crippen LogP contribution is -2.58. The summed E-state index contributed by atoms with van der Waals surface area (Å²) in [5, 5.41) is 0.796. The molecule has 0 saturated carbocycles. The number of aryl methyl sites for hydroxylation is 1. The molecule has 2 nitrogen and oxygen atoms in total. The van der Waals surface area contributed by atoms with Gasteiger partial charge in [0.15, 0.2) is 0 Å². The molecule has 18 heavy (non-hydrogen) atoms. The minimum atomic E-state index is 0.504. The Bertz CT molecular complexity index is 440. The standard InChI is InChI=1S/C14H17BrClNO/c1-10-6-11(16)7-12(15)13(10)17-8-14(9-17)2-4-18-5-3-14/h6-7H,2-5,8-9H2,1H3. The van der Waals surface area contributed by atoms with Crippen molar-refractivity contribution < 1.29 is 4.74 Å². The van der Waals surface area contributed by atoms with E-state index in [1.54, 1.807) is 0 Å². The van der Waals surface area contributed by atoms with Crippen LogP contribution in [0.4, 0.5) is 5.69 Å². The zero-order valence-corrected chi connectivity index (χ0v) is 12.9. The Morgan fingerprint density at radius 2 is 1.94 bits per heavy atom. The number of rotatable bonds is 1. The smallest absolute Gasteiger partial charge is 0.0541 e. The highest BCUT2D eigenvalue weighted by Crippen LogP contribution is 2.45. The van der Waals surface area contributed by atoms with Gasteiger partial charge >= 0.3 is 0 Å². The first-order chi connectivity index (χ1) is 8.60. The van der Waals surface area contributed by atoms with Crippen molar-refractivity contribution in [3.8, 4) is 0 Å². The largest absolute Gasteiger partial charge is 0.381 e. The highest BCUT2D eigenvalue weighted by atomic mass is 79.9. The summed E-state index contributed by atoms with van der Waals surface area (Å²) in [6, 6.07) is 4.02. The van der Waals surface area contributed by atoms with E-state index in [0.717, 1.165) is 35.8 Å². The van der Waals surface area contributed by atoms with Crippen molar-refractivity contribution in [2.45, 2.75) is 19.8 Å². The summed E-state index contributed by atoms with van der Waals surface area (Å²) in [4.78, 5) is 2.46. The van der Waals surface area contributed by atoms with Crippen LogP contribution in [-0.4, -0.2) is 26.3 Å². The maximum Gasteiger partial charge on any atom is 0.0541 e. The van der Waals surface area contributed by atoms with Gasteiger partial charge in [-0.25, -0.2) is 0 Å². The number of hydrogen-bond acceptors (Lipinski definition) is 2. The van der Waals surface area contributed by atoms with Crippen LogP contribution in [0.3, 0.4) is 0 Å². The van der Waals surface area contributed by atoms with Crippen LogP contribution in [0.15, 0.2) is 16.6 Å². The molecule has 0 bridgehead atoms. The molecule has 0 aliphatic carbocycles. The average Bonchev–Trinajstić information content (AvgIpc) is 2.26. The summed E-state index contributed by atoms with van der Waals surface area (Å²) in [5.41, 5.74) is 3.05. The van der Waals surface area contributed by atoms with E-state index in [1.165, 1.54) is 24.1 Å². The molecule has 3 rings (SSSR count). The summed E-state index contributed by atoms with van der Waals surface area (Å²) in [7, 11) is 0. The van der Waals surface area contributed by atoms with Crippen LogP contribution < -0.4 is 4.90 Å². The molecule has 2 aliphatic heterocycles. The van der Waals surface area contributed by atoms with Crippen LogP contribution in [0.25, 0.3) is 0 Å². The molecule has 2 saturated heterocycles. The lowest BCUT2D eigenvalue weighted by atomic mass is 9.73. The lowest BCUT2D eigenvalue weighted by Gasteiger charge is -2.54. The summed E-state index contributed by atoms with van der Waals surface area (Å²) in [6.45, 7) is 6.28. The van der Waals surface area contributed by atoms with Gasteiger partial charge in [0.05, 0.1) is 5.69 Å². The van der Waals surface area contributed by atoms with Gasteiger partial charge < -0.3 is 9.64 Å². The predicted octanol–water partition coefficient (Wildman–Crippen LogP) is 4.03. The SMILES string of the molecule is Cc1cc(Cl)cc(Br)c1N1CC2(CCOCC2)C1. The van der Waals surface area contributed by atoms with Gasteiger partial charge in [-0.05, 0) is 53.4 Å². The highest BCUT2D eigenvalue weighted by Gasteiger charge is 2.44. The van der Waals surface area contributed by atoms with E-state index in [-0.39, 0.29) is 0 Å². The Kier molecular flexibility index (Phi) is 3.33. The molecular formula is C14H17BrClNO. The van der Waals surface area contributed by atoms with Crippen molar-refractivity contribution in [1.82, 2.24) is 0 Å². The van der Waals surface area contributed by atoms with Gasteiger partial charge in [-0.1, -0.05) is 11.6 Å². The Morgan fingerprint density at radius 1 is 1.28 bits per heavy atom. The summed E-state index contributed by atoms with van der Waals surface area (Å²) >= 11 is 9.70. The van der Waals surface area contributed by atoms with Gasteiger partial charge in [-0.3, -0.25) is 0 Å². The van der Waals surface area contributed by atoms with Crippen LogP contribution in [0.1, 0.15) is 18.4 Å². The molecular weight excluding hydrogens is 314 g/mol. The molecule has 2 aliphatic rings. The first-order valence-corrected chi connectivity index (χ1v) is 7.55. The van der Waals surface area contributed by atoms with Crippen LogP contribution in [0.5, 0.6) is 0 Å². The van der Waals surface area contributed by atoms with Crippen LogP contribution >= 0.6 is 27.5 Å². The van der Waals surface area contributed by atoms with Gasteiger partial charge in [0, 0.05) is 41.2 Å². The van der Waals surface area contributed by atoms with Crippen molar-refractivity contribution in [3.63, 3.8) is 0 Å². The summed E-state index contributed by atoms with van der Waals surface area (Å²) in [6.07, 6.45) is 2.40. The van der Waals surface area contributed by atoms with Gasteiger partial charge in [-0.15, -0.1) is 0 Å². The molecule has 0 amide bonds. The maximum absolute atomic E-state index is 6.07. The molecule has 1 spiro atoms. The number of anilines is 1. The number of ether oxygens (including phenoxy) is 1. The number of hydrogen-bond donors (Lipinski definition) is 0. The Labute approximate surface area is 121 Å². The number of benzene rings is 1. The number of nitrogens with zero attached hydrogens (tertiary/aromatic N) is 1. The topological polar surface area (TPSA) is 12.5 Å². The fraction of sp³-hybridized carbons (Fsp3) is 0.571. The molecule has 1 aromatic rings. The van der Waals surface area contributed by atoms with E-state index in [2.05, 4.69) is 27.8 Å². The summed E-state index contributed by atoms with van der Waals surface area (Å²) < 4.78 is 6.57. The molecule has 4 heteroatoms. The zero-order chi connectivity index (χ0) is 12.8. The van der Waals surface area contributed by atoms with E-state index in [0.29, 0.717) is 5.41 Å². The molecule has 98 valence electrons. The Balaban J connectivity index is 1.78. The third-order valence-electron chi connectivity index (χ3n) is 4.14. The van der Waals surface area contributed by atoms with E-state index in [1.807, 2.05) is 12.1 Å². The van der Waals surface area contributed by atoms with Gasteiger partial charge in [0.2, 0.25) is 0 Å². The quantitative estimate of drug-likeness (QED) is 0.771. The Morgan fingerprint density at radius 3 is 2.56 bits per heavy atom. The Hall–Kier alpha value is -0.250.